The molecular formula is C14H18ClN3. The number of hydrogen-bond acceptors (Lipinski definition) is 3. The SMILES string of the molecule is C=C(Cl)/C=C/c1cc(N2CCN(C)CC2)ccn1. The van der Waals surface area contributed by atoms with Crippen molar-refractivity contribution in [3.8, 4) is 0 Å². The predicted molar refractivity (Wildman–Crippen MR) is 78.0 cm³/mol. The lowest BCUT2D eigenvalue weighted by atomic mass is 10.2. The van der Waals surface area contributed by atoms with Gasteiger partial charge in [-0.05, 0) is 31.3 Å². The van der Waals surface area contributed by atoms with Crippen molar-refractivity contribution in [3.63, 3.8) is 0 Å². The van der Waals surface area contributed by atoms with E-state index in [-0.39, 0.29) is 0 Å². The van der Waals surface area contributed by atoms with E-state index in [1.54, 1.807) is 6.08 Å². The van der Waals surface area contributed by atoms with Gasteiger partial charge in [0.05, 0.1) is 5.69 Å². The Morgan fingerprint density at radius 3 is 2.78 bits per heavy atom. The molecule has 0 radical (unpaired) electrons. The van der Waals surface area contributed by atoms with Gasteiger partial charge in [0.15, 0.2) is 0 Å². The van der Waals surface area contributed by atoms with Crippen molar-refractivity contribution in [2.45, 2.75) is 0 Å². The molecule has 4 heteroatoms. The summed E-state index contributed by atoms with van der Waals surface area (Å²) in [7, 11) is 2.16. The average molecular weight is 264 g/mol. The van der Waals surface area contributed by atoms with Gasteiger partial charge in [-0.15, -0.1) is 0 Å². The molecule has 0 aliphatic carbocycles. The van der Waals surface area contributed by atoms with Gasteiger partial charge in [0.2, 0.25) is 0 Å². The molecule has 96 valence electrons. The summed E-state index contributed by atoms with van der Waals surface area (Å²) < 4.78 is 0. The van der Waals surface area contributed by atoms with Crippen LogP contribution in [0.4, 0.5) is 5.69 Å². The molecule has 18 heavy (non-hydrogen) atoms. The molecule has 0 aromatic carbocycles. The minimum atomic E-state index is 0.516. The van der Waals surface area contributed by atoms with Gasteiger partial charge in [-0.25, -0.2) is 0 Å². The molecule has 2 heterocycles. The number of piperazine rings is 1. The van der Waals surface area contributed by atoms with Crippen molar-refractivity contribution < 1.29 is 0 Å². The largest absolute Gasteiger partial charge is 0.369 e. The quantitative estimate of drug-likeness (QED) is 0.782. The molecule has 0 N–H and O–H groups in total. The smallest absolute Gasteiger partial charge is 0.0650 e. The van der Waals surface area contributed by atoms with Crippen molar-refractivity contribution in [1.82, 2.24) is 9.88 Å². The topological polar surface area (TPSA) is 19.4 Å². The number of nitrogens with zero attached hydrogens (tertiary/aromatic N) is 3. The van der Waals surface area contributed by atoms with E-state index in [4.69, 9.17) is 11.6 Å². The molecule has 2 rings (SSSR count). The van der Waals surface area contributed by atoms with E-state index in [2.05, 4.69) is 40.5 Å². The van der Waals surface area contributed by atoms with Crippen molar-refractivity contribution in [1.29, 1.82) is 0 Å². The van der Waals surface area contributed by atoms with Gasteiger partial charge in [-0.2, -0.15) is 0 Å². The zero-order valence-electron chi connectivity index (χ0n) is 10.6. The molecule has 1 aliphatic heterocycles. The maximum atomic E-state index is 5.71. The fourth-order valence-electron chi connectivity index (χ4n) is 1.96. The second-order valence-corrected chi connectivity index (χ2v) is 4.99. The van der Waals surface area contributed by atoms with Crippen LogP contribution in [0.5, 0.6) is 0 Å². The van der Waals surface area contributed by atoms with Crippen molar-refractivity contribution in [2.24, 2.45) is 0 Å². The maximum Gasteiger partial charge on any atom is 0.0650 e. The normalized spacial score (nSPS) is 17.3. The van der Waals surface area contributed by atoms with Crippen LogP contribution < -0.4 is 4.90 Å². The number of rotatable bonds is 3. The van der Waals surface area contributed by atoms with Gasteiger partial charge in [-0.1, -0.05) is 18.2 Å². The second kappa shape index (κ2) is 6.03. The molecule has 1 aromatic heterocycles. The van der Waals surface area contributed by atoms with Crippen LogP contribution in [0.15, 0.2) is 36.0 Å². The molecule has 0 saturated carbocycles. The van der Waals surface area contributed by atoms with Gasteiger partial charge in [-0.3, -0.25) is 4.98 Å². The lowest BCUT2D eigenvalue weighted by molar-refractivity contribution is 0.313. The minimum Gasteiger partial charge on any atom is -0.369 e. The minimum absolute atomic E-state index is 0.516. The van der Waals surface area contributed by atoms with Gasteiger partial charge in [0, 0.05) is 43.1 Å². The Morgan fingerprint density at radius 2 is 2.11 bits per heavy atom. The van der Waals surface area contributed by atoms with Crippen LogP contribution in [0.3, 0.4) is 0 Å². The fourth-order valence-corrected chi connectivity index (χ4v) is 2.03. The Labute approximate surface area is 113 Å². The average Bonchev–Trinajstić information content (AvgIpc) is 2.37. The first-order valence-corrected chi connectivity index (χ1v) is 6.45. The molecule has 0 amide bonds. The summed E-state index contributed by atoms with van der Waals surface area (Å²) in [5.41, 5.74) is 2.13. The van der Waals surface area contributed by atoms with E-state index in [1.165, 1.54) is 5.69 Å². The third-order valence-electron chi connectivity index (χ3n) is 3.07. The Hall–Kier alpha value is -1.32. The highest BCUT2D eigenvalue weighted by Gasteiger charge is 2.14. The van der Waals surface area contributed by atoms with Crippen LogP contribution in [0.25, 0.3) is 6.08 Å². The monoisotopic (exact) mass is 263 g/mol. The van der Waals surface area contributed by atoms with Crippen LogP contribution in [-0.4, -0.2) is 43.1 Å². The number of halogens is 1. The van der Waals surface area contributed by atoms with E-state index in [0.29, 0.717) is 5.03 Å². The first kappa shape index (κ1) is 13.1. The van der Waals surface area contributed by atoms with Crippen molar-refractivity contribution in [3.05, 3.63) is 41.7 Å². The summed E-state index contributed by atoms with van der Waals surface area (Å²) in [6, 6.07) is 4.14. The molecule has 0 bridgehead atoms. The molecule has 1 aliphatic rings. The van der Waals surface area contributed by atoms with Gasteiger partial charge in [0.25, 0.3) is 0 Å². The van der Waals surface area contributed by atoms with Crippen LogP contribution in [0.1, 0.15) is 5.69 Å². The number of hydrogen-bond donors (Lipinski definition) is 0. The van der Waals surface area contributed by atoms with E-state index < -0.39 is 0 Å². The molecule has 1 aromatic rings. The van der Waals surface area contributed by atoms with E-state index >= 15 is 0 Å². The number of likely N-dealkylation sites (N-methyl/N-ethyl adjacent to an activating group) is 1. The van der Waals surface area contributed by atoms with Gasteiger partial charge >= 0.3 is 0 Å². The first-order chi connectivity index (χ1) is 8.65. The molecule has 0 atom stereocenters. The van der Waals surface area contributed by atoms with Crippen LogP contribution in [0.2, 0.25) is 0 Å². The number of aromatic nitrogens is 1. The molecule has 1 fully saturated rings. The molecule has 0 spiro atoms. The van der Waals surface area contributed by atoms with E-state index in [9.17, 15) is 0 Å². The van der Waals surface area contributed by atoms with Crippen molar-refractivity contribution in [2.75, 3.05) is 38.1 Å². The van der Waals surface area contributed by atoms with Crippen LogP contribution >= 0.6 is 11.6 Å². The van der Waals surface area contributed by atoms with Crippen molar-refractivity contribution >= 4 is 23.4 Å². The van der Waals surface area contributed by atoms with Crippen LogP contribution in [0, 0.1) is 0 Å². The van der Waals surface area contributed by atoms with Crippen LogP contribution in [-0.2, 0) is 0 Å². The Kier molecular flexibility index (Phi) is 4.39. The van der Waals surface area contributed by atoms with Gasteiger partial charge in [0.1, 0.15) is 0 Å². The van der Waals surface area contributed by atoms with E-state index in [0.717, 1.165) is 31.9 Å². The van der Waals surface area contributed by atoms with Gasteiger partial charge < -0.3 is 9.80 Å². The summed E-state index contributed by atoms with van der Waals surface area (Å²) in [6.45, 7) is 7.95. The third kappa shape index (κ3) is 3.59. The summed E-state index contributed by atoms with van der Waals surface area (Å²) in [5, 5.41) is 0.516. The summed E-state index contributed by atoms with van der Waals surface area (Å²) >= 11 is 5.71. The second-order valence-electron chi connectivity index (χ2n) is 4.51. The number of allylic oxidation sites excluding steroid dienone is 2. The Bertz CT molecular complexity index is 448. The Balaban J connectivity index is 2.09. The highest BCUT2D eigenvalue weighted by Crippen LogP contribution is 2.17. The fraction of sp³-hybridized carbons (Fsp3) is 0.357. The highest BCUT2D eigenvalue weighted by atomic mass is 35.5. The summed E-state index contributed by atoms with van der Waals surface area (Å²) in [5.74, 6) is 0. The lowest BCUT2D eigenvalue weighted by Gasteiger charge is -2.34. The lowest BCUT2D eigenvalue weighted by Crippen LogP contribution is -2.44. The zero-order valence-corrected chi connectivity index (χ0v) is 11.4. The first-order valence-electron chi connectivity index (χ1n) is 6.07. The molecule has 3 nitrogen and oxygen atoms in total. The Morgan fingerprint density at radius 1 is 1.39 bits per heavy atom. The summed E-state index contributed by atoms with van der Waals surface area (Å²) in [4.78, 5) is 9.02. The summed E-state index contributed by atoms with van der Waals surface area (Å²) in [6.07, 6.45) is 5.48. The predicted octanol–water partition coefficient (Wildman–Crippen LogP) is 2.60. The number of pyridine rings is 1. The standard InChI is InChI=1S/C14H18ClN3/c1-12(15)3-4-13-11-14(5-6-16-13)18-9-7-17(2)8-10-18/h3-6,11H,1,7-10H2,2H3/b4-3+. The molecule has 0 unspecified atom stereocenters. The third-order valence-corrected chi connectivity index (χ3v) is 3.19. The maximum absolute atomic E-state index is 5.71. The molecular weight excluding hydrogens is 246 g/mol. The molecule has 1 saturated heterocycles. The zero-order chi connectivity index (χ0) is 13.0. The number of anilines is 1. The highest BCUT2D eigenvalue weighted by molar-refractivity contribution is 6.31. The van der Waals surface area contributed by atoms with E-state index in [1.807, 2.05) is 12.3 Å².